The summed E-state index contributed by atoms with van der Waals surface area (Å²) in [7, 11) is 0. The average Bonchev–Trinajstić information content (AvgIpc) is 3.46. The van der Waals surface area contributed by atoms with Gasteiger partial charge in [-0.1, -0.05) is 60.7 Å². The van der Waals surface area contributed by atoms with Crippen LogP contribution in [0.4, 0.5) is 0 Å². The molecule has 3 atom stereocenters. The molecule has 0 radical (unpaired) electrons. The van der Waals surface area contributed by atoms with Gasteiger partial charge in [-0.15, -0.1) is 0 Å². The molecular formula is C25H30N6O. The maximum absolute atomic E-state index is 12.9. The minimum absolute atomic E-state index is 0.0814. The van der Waals surface area contributed by atoms with E-state index >= 15 is 0 Å². The van der Waals surface area contributed by atoms with Crippen molar-refractivity contribution >= 4 is 11.7 Å². The number of amides is 1. The van der Waals surface area contributed by atoms with Gasteiger partial charge in [-0.25, -0.2) is 5.43 Å². The van der Waals surface area contributed by atoms with Crippen molar-refractivity contribution in [2.24, 2.45) is 5.10 Å². The molecule has 7 heteroatoms. The number of hydrogen-bond donors (Lipinski definition) is 2. The number of nitrogens with one attached hydrogen (secondary N) is 2. The number of amidine groups is 1. The largest absolute Gasteiger partial charge is 0.339 e. The zero-order valence-corrected chi connectivity index (χ0v) is 18.4. The zero-order valence-electron chi connectivity index (χ0n) is 18.4. The molecule has 3 heterocycles. The molecule has 0 aliphatic carbocycles. The topological polar surface area (TPSA) is 63.2 Å². The molecule has 0 bridgehead atoms. The summed E-state index contributed by atoms with van der Waals surface area (Å²) in [5, 5.41) is 6.78. The Hall–Kier alpha value is -3.32. The molecule has 32 heavy (non-hydrogen) atoms. The Balaban J connectivity index is 1.18. The summed E-state index contributed by atoms with van der Waals surface area (Å²) in [4.78, 5) is 17.0. The Morgan fingerprint density at radius 3 is 2.59 bits per heavy atom. The summed E-state index contributed by atoms with van der Waals surface area (Å²) < 4.78 is 0. The molecule has 3 aliphatic heterocycles. The van der Waals surface area contributed by atoms with Crippen LogP contribution in [0.2, 0.25) is 0 Å². The van der Waals surface area contributed by atoms with Gasteiger partial charge in [0.2, 0.25) is 5.91 Å². The highest BCUT2D eigenvalue weighted by atomic mass is 16.2. The van der Waals surface area contributed by atoms with Crippen LogP contribution in [0.5, 0.6) is 0 Å². The molecule has 2 aromatic carbocycles. The van der Waals surface area contributed by atoms with Gasteiger partial charge in [0, 0.05) is 38.3 Å². The minimum atomic E-state index is 0.0814. The first-order valence-electron chi connectivity index (χ1n) is 11.4. The van der Waals surface area contributed by atoms with Crippen molar-refractivity contribution in [1.82, 2.24) is 25.7 Å². The minimum Gasteiger partial charge on any atom is -0.339 e. The van der Waals surface area contributed by atoms with Crippen LogP contribution in [0, 0.1) is 0 Å². The molecule has 1 saturated heterocycles. The highest BCUT2D eigenvalue weighted by Crippen LogP contribution is 2.34. The highest BCUT2D eigenvalue weighted by Gasteiger charge is 2.44. The Labute approximate surface area is 189 Å². The van der Waals surface area contributed by atoms with E-state index in [1.54, 1.807) is 0 Å². The van der Waals surface area contributed by atoms with Gasteiger partial charge in [0.15, 0.2) is 0 Å². The highest BCUT2D eigenvalue weighted by molar-refractivity contribution is 5.89. The van der Waals surface area contributed by atoms with Crippen molar-refractivity contribution in [2.45, 2.75) is 51.0 Å². The molecule has 5 rings (SSSR count). The summed E-state index contributed by atoms with van der Waals surface area (Å²) in [5.41, 5.74) is 9.37. The summed E-state index contributed by atoms with van der Waals surface area (Å²) >= 11 is 0. The van der Waals surface area contributed by atoms with E-state index in [-0.39, 0.29) is 24.2 Å². The Kier molecular flexibility index (Phi) is 5.81. The Bertz CT molecular complexity index is 992. The number of rotatable bonds is 7. The van der Waals surface area contributed by atoms with Crippen molar-refractivity contribution < 1.29 is 4.79 Å². The number of hydrazone groups is 1. The summed E-state index contributed by atoms with van der Waals surface area (Å²) in [5.74, 6) is 1.09. The predicted molar refractivity (Wildman–Crippen MR) is 125 cm³/mol. The molecule has 7 nitrogen and oxygen atoms in total. The van der Waals surface area contributed by atoms with Gasteiger partial charge >= 0.3 is 0 Å². The summed E-state index contributed by atoms with van der Waals surface area (Å²) in [6.45, 7) is 3.38. The number of fused-ring (bicyclic) bond motifs is 3. The van der Waals surface area contributed by atoms with Gasteiger partial charge in [-0.05, 0) is 24.5 Å². The van der Waals surface area contributed by atoms with Gasteiger partial charge in [0.25, 0.3) is 0 Å². The molecule has 0 spiro atoms. The van der Waals surface area contributed by atoms with Gasteiger partial charge in [0.05, 0.1) is 12.1 Å². The van der Waals surface area contributed by atoms with E-state index in [0.29, 0.717) is 25.9 Å². The van der Waals surface area contributed by atoms with Crippen LogP contribution in [-0.4, -0.2) is 45.3 Å². The van der Waals surface area contributed by atoms with E-state index in [1.807, 2.05) is 36.1 Å². The first-order valence-corrected chi connectivity index (χ1v) is 11.4. The molecule has 0 saturated carbocycles. The maximum Gasteiger partial charge on any atom is 0.223 e. The normalized spacial score (nSPS) is 23.4. The van der Waals surface area contributed by atoms with Crippen molar-refractivity contribution in [1.29, 1.82) is 0 Å². The zero-order chi connectivity index (χ0) is 21.9. The lowest BCUT2D eigenvalue weighted by Crippen LogP contribution is -2.54. The Morgan fingerprint density at radius 2 is 1.84 bits per heavy atom. The van der Waals surface area contributed by atoms with E-state index in [9.17, 15) is 4.79 Å². The number of hydrazine groups is 1. The molecule has 166 valence electrons. The fourth-order valence-electron chi connectivity index (χ4n) is 4.77. The monoisotopic (exact) mass is 430 g/mol. The van der Waals surface area contributed by atoms with E-state index in [1.165, 1.54) is 5.56 Å². The van der Waals surface area contributed by atoms with Crippen LogP contribution in [-0.2, 0) is 11.3 Å². The van der Waals surface area contributed by atoms with Crippen molar-refractivity contribution in [3.8, 4) is 0 Å². The standard InChI is InChI=1S/C25H30N6O/c1-2-29(18-19-9-5-3-6-10-19)24(32)14-13-23-26-27-25-22-17-21(20-11-7-4-8-12-20)28-31(22)16-15-30(23)25/h3-12,15-16,21-22,25,27-28H,2,13-14,17-18H2,1H3. The van der Waals surface area contributed by atoms with Gasteiger partial charge in [-0.3, -0.25) is 10.2 Å². The maximum atomic E-state index is 12.9. The molecule has 3 aliphatic rings. The second-order valence-electron chi connectivity index (χ2n) is 8.50. The van der Waals surface area contributed by atoms with Gasteiger partial charge < -0.3 is 14.8 Å². The molecule has 2 aromatic rings. The van der Waals surface area contributed by atoms with Crippen LogP contribution in [0.1, 0.15) is 43.4 Å². The molecule has 1 amide bonds. The quantitative estimate of drug-likeness (QED) is 0.707. The smallest absolute Gasteiger partial charge is 0.223 e. The van der Waals surface area contributed by atoms with E-state index < -0.39 is 0 Å². The SMILES string of the molecule is CCN(Cc1ccccc1)C(=O)CCC1=NNC2C3CC(c4ccccc4)NN3C=CN12. The first-order chi connectivity index (χ1) is 15.7. The van der Waals surface area contributed by atoms with Crippen LogP contribution < -0.4 is 10.9 Å². The van der Waals surface area contributed by atoms with E-state index in [2.05, 4.69) is 74.7 Å². The third kappa shape index (κ3) is 4.08. The molecule has 0 aromatic heterocycles. The van der Waals surface area contributed by atoms with Crippen LogP contribution >= 0.6 is 0 Å². The van der Waals surface area contributed by atoms with Gasteiger partial charge in [0.1, 0.15) is 12.0 Å². The van der Waals surface area contributed by atoms with Crippen LogP contribution in [0.15, 0.2) is 78.2 Å². The summed E-state index contributed by atoms with van der Waals surface area (Å²) in [6, 6.07) is 21.3. The second-order valence-corrected chi connectivity index (χ2v) is 8.50. The lowest BCUT2D eigenvalue weighted by Gasteiger charge is -2.37. The van der Waals surface area contributed by atoms with Crippen molar-refractivity contribution in [3.05, 3.63) is 84.2 Å². The third-order valence-electron chi connectivity index (χ3n) is 6.53. The van der Waals surface area contributed by atoms with Crippen molar-refractivity contribution in [2.75, 3.05) is 6.54 Å². The van der Waals surface area contributed by atoms with Gasteiger partial charge in [-0.2, -0.15) is 5.10 Å². The third-order valence-corrected chi connectivity index (χ3v) is 6.53. The van der Waals surface area contributed by atoms with E-state index in [4.69, 9.17) is 0 Å². The van der Waals surface area contributed by atoms with Crippen LogP contribution in [0.25, 0.3) is 0 Å². The average molecular weight is 431 g/mol. The fourth-order valence-corrected chi connectivity index (χ4v) is 4.77. The number of carbonyl (C=O) groups is 1. The van der Waals surface area contributed by atoms with E-state index in [0.717, 1.165) is 17.8 Å². The lowest BCUT2D eigenvalue weighted by molar-refractivity contribution is -0.131. The fraction of sp³-hybridized carbons (Fsp3) is 0.360. The lowest BCUT2D eigenvalue weighted by atomic mass is 10.00. The first kappa shape index (κ1) is 20.6. The predicted octanol–water partition coefficient (Wildman–Crippen LogP) is 3.17. The number of nitrogens with zero attached hydrogens (tertiary/aromatic N) is 4. The second kappa shape index (κ2) is 9.04. The Morgan fingerprint density at radius 1 is 1.09 bits per heavy atom. The molecule has 2 N–H and O–H groups in total. The number of hydrogen-bond acceptors (Lipinski definition) is 6. The molecule has 1 fully saturated rings. The molecular weight excluding hydrogens is 400 g/mol. The van der Waals surface area contributed by atoms with Crippen molar-refractivity contribution in [3.63, 3.8) is 0 Å². The molecule has 3 unspecified atom stereocenters. The number of carbonyl (C=O) groups excluding carboxylic acids is 1. The summed E-state index contributed by atoms with van der Waals surface area (Å²) in [6.07, 6.45) is 6.30. The number of benzene rings is 2. The van der Waals surface area contributed by atoms with Crippen LogP contribution in [0.3, 0.4) is 0 Å².